The Morgan fingerprint density at radius 2 is 1.90 bits per heavy atom. The fourth-order valence-electron chi connectivity index (χ4n) is 3.92. The Balaban J connectivity index is 1.69. The molecule has 112 valence electrons. The van der Waals surface area contributed by atoms with E-state index in [1.165, 1.54) is 62.1 Å². The number of rotatable bonds is 3. The van der Waals surface area contributed by atoms with Crippen molar-refractivity contribution in [2.24, 2.45) is 11.7 Å². The second-order valence-corrected chi connectivity index (χ2v) is 7.78. The van der Waals surface area contributed by atoms with Gasteiger partial charge in [0.05, 0.1) is 11.2 Å². The van der Waals surface area contributed by atoms with Gasteiger partial charge in [-0.1, -0.05) is 32.6 Å². The van der Waals surface area contributed by atoms with Gasteiger partial charge in [-0.3, -0.25) is 0 Å². The van der Waals surface area contributed by atoms with E-state index in [0.29, 0.717) is 5.92 Å². The van der Waals surface area contributed by atoms with Crippen molar-refractivity contribution in [2.45, 2.75) is 82.6 Å². The molecule has 0 aliphatic heterocycles. The van der Waals surface area contributed by atoms with Gasteiger partial charge in [0.2, 0.25) is 0 Å². The van der Waals surface area contributed by atoms with E-state index in [9.17, 15) is 0 Å². The lowest BCUT2D eigenvalue weighted by molar-refractivity contribution is 0.231. The van der Waals surface area contributed by atoms with Crippen molar-refractivity contribution in [1.82, 2.24) is 4.98 Å². The zero-order chi connectivity index (χ0) is 14.0. The van der Waals surface area contributed by atoms with Crippen LogP contribution in [0.5, 0.6) is 0 Å². The number of thiazole rings is 1. The van der Waals surface area contributed by atoms with Gasteiger partial charge in [0.25, 0.3) is 0 Å². The van der Waals surface area contributed by atoms with E-state index in [4.69, 9.17) is 10.7 Å². The Labute approximate surface area is 127 Å². The molecule has 2 saturated carbocycles. The summed E-state index contributed by atoms with van der Waals surface area (Å²) in [5.41, 5.74) is 7.91. The minimum absolute atomic E-state index is 0.122. The molecule has 0 amide bonds. The zero-order valence-corrected chi connectivity index (χ0v) is 13.6. The fourth-order valence-corrected chi connectivity index (χ4v) is 4.99. The average Bonchev–Trinajstić information content (AvgIpc) is 3.00. The van der Waals surface area contributed by atoms with Gasteiger partial charge in [-0.05, 0) is 44.4 Å². The van der Waals surface area contributed by atoms with Crippen LogP contribution in [0.4, 0.5) is 0 Å². The molecule has 0 saturated heterocycles. The molecule has 0 spiro atoms. The molecule has 2 fully saturated rings. The number of aromatic nitrogens is 1. The average molecular weight is 292 g/mol. The molecule has 0 bridgehead atoms. The quantitative estimate of drug-likeness (QED) is 0.856. The molecular weight excluding hydrogens is 264 g/mol. The summed E-state index contributed by atoms with van der Waals surface area (Å²) in [5, 5.41) is 3.51. The summed E-state index contributed by atoms with van der Waals surface area (Å²) in [7, 11) is 0. The van der Waals surface area contributed by atoms with Crippen molar-refractivity contribution in [3.8, 4) is 0 Å². The maximum absolute atomic E-state index is 6.69. The second-order valence-electron chi connectivity index (χ2n) is 6.92. The first kappa shape index (κ1) is 14.5. The van der Waals surface area contributed by atoms with Gasteiger partial charge in [-0.2, -0.15) is 0 Å². The number of nitrogens with zero attached hydrogens (tertiary/aromatic N) is 1. The summed E-state index contributed by atoms with van der Waals surface area (Å²) in [4.78, 5) is 4.97. The minimum atomic E-state index is -0.122. The van der Waals surface area contributed by atoms with E-state index in [-0.39, 0.29) is 5.54 Å². The molecule has 1 aromatic rings. The standard InChI is InChI=1S/C17H28N2S/c1-2-13-8-10-17(18,11-9-13)16-19-15(12-20-16)14-6-4-3-5-7-14/h12-14H,2-11,18H2,1H3. The lowest BCUT2D eigenvalue weighted by Gasteiger charge is -2.35. The van der Waals surface area contributed by atoms with Gasteiger partial charge in [0.1, 0.15) is 5.01 Å². The number of nitrogens with two attached hydrogens (primary N) is 1. The van der Waals surface area contributed by atoms with Crippen LogP contribution in [0.15, 0.2) is 5.38 Å². The molecule has 2 aliphatic carbocycles. The lowest BCUT2D eigenvalue weighted by Crippen LogP contribution is -2.40. The molecule has 1 aromatic heterocycles. The van der Waals surface area contributed by atoms with Crippen LogP contribution in [-0.4, -0.2) is 4.98 Å². The molecule has 0 unspecified atom stereocenters. The smallest absolute Gasteiger partial charge is 0.113 e. The molecule has 0 aromatic carbocycles. The topological polar surface area (TPSA) is 38.9 Å². The highest BCUT2D eigenvalue weighted by Gasteiger charge is 2.35. The van der Waals surface area contributed by atoms with Crippen LogP contribution < -0.4 is 5.73 Å². The van der Waals surface area contributed by atoms with Gasteiger partial charge in [0.15, 0.2) is 0 Å². The summed E-state index contributed by atoms with van der Waals surface area (Å²) in [6, 6.07) is 0. The Bertz CT molecular complexity index is 426. The van der Waals surface area contributed by atoms with Crippen molar-refractivity contribution >= 4 is 11.3 Å². The van der Waals surface area contributed by atoms with Crippen molar-refractivity contribution in [3.05, 3.63) is 16.1 Å². The number of hydrogen-bond donors (Lipinski definition) is 1. The van der Waals surface area contributed by atoms with Crippen LogP contribution in [0.25, 0.3) is 0 Å². The van der Waals surface area contributed by atoms with Gasteiger partial charge in [-0.15, -0.1) is 11.3 Å². The highest BCUT2D eigenvalue weighted by atomic mass is 32.1. The number of hydrogen-bond acceptors (Lipinski definition) is 3. The van der Waals surface area contributed by atoms with Crippen molar-refractivity contribution in [3.63, 3.8) is 0 Å². The van der Waals surface area contributed by atoms with Gasteiger partial charge in [0, 0.05) is 11.3 Å². The molecule has 0 atom stereocenters. The second kappa shape index (κ2) is 6.15. The maximum Gasteiger partial charge on any atom is 0.113 e. The van der Waals surface area contributed by atoms with Crippen molar-refractivity contribution < 1.29 is 0 Å². The Morgan fingerprint density at radius 3 is 2.55 bits per heavy atom. The summed E-state index contributed by atoms with van der Waals surface area (Å²) < 4.78 is 0. The zero-order valence-electron chi connectivity index (χ0n) is 12.7. The lowest BCUT2D eigenvalue weighted by atomic mass is 9.76. The first-order valence-corrected chi connectivity index (χ1v) is 9.34. The van der Waals surface area contributed by atoms with Gasteiger partial charge < -0.3 is 5.73 Å². The Morgan fingerprint density at radius 1 is 1.20 bits per heavy atom. The highest BCUT2D eigenvalue weighted by molar-refractivity contribution is 7.09. The molecule has 2 aliphatic rings. The van der Waals surface area contributed by atoms with E-state index < -0.39 is 0 Å². The summed E-state index contributed by atoms with van der Waals surface area (Å²) in [6.45, 7) is 2.30. The minimum Gasteiger partial charge on any atom is -0.319 e. The van der Waals surface area contributed by atoms with E-state index in [0.717, 1.165) is 18.8 Å². The SMILES string of the molecule is CCC1CCC(N)(c2nc(C3CCCCC3)cs2)CC1. The van der Waals surface area contributed by atoms with Crippen LogP contribution >= 0.6 is 11.3 Å². The molecule has 2 nitrogen and oxygen atoms in total. The molecule has 0 radical (unpaired) electrons. The normalized spacial score (nSPS) is 32.4. The fraction of sp³-hybridized carbons (Fsp3) is 0.824. The molecule has 3 rings (SSSR count). The molecular formula is C17H28N2S. The predicted molar refractivity (Wildman–Crippen MR) is 86.1 cm³/mol. The van der Waals surface area contributed by atoms with Crippen LogP contribution in [0.1, 0.15) is 87.8 Å². The van der Waals surface area contributed by atoms with E-state index in [2.05, 4.69) is 12.3 Å². The van der Waals surface area contributed by atoms with Crippen LogP contribution in [0, 0.1) is 5.92 Å². The summed E-state index contributed by atoms with van der Waals surface area (Å²) in [6.07, 6.45) is 13.0. The first-order valence-electron chi connectivity index (χ1n) is 8.46. The third-order valence-electron chi connectivity index (χ3n) is 5.55. The maximum atomic E-state index is 6.69. The van der Waals surface area contributed by atoms with E-state index in [1.54, 1.807) is 0 Å². The van der Waals surface area contributed by atoms with E-state index in [1.807, 2.05) is 11.3 Å². The monoisotopic (exact) mass is 292 g/mol. The molecule has 1 heterocycles. The van der Waals surface area contributed by atoms with Gasteiger partial charge in [-0.25, -0.2) is 4.98 Å². The Kier molecular flexibility index (Phi) is 4.46. The summed E-state index contributed by atoms with van der Waals surface area (Å²) >= 11 is 1.82. The Hall–Kier alpha value is -0.410. The third-order valence-corrected chi connectivity index (χ3v) is 6.63. The van der Waals surface area contributed by atoms with Crippen molar-refractivity contribution in [1.29, 1.82) is 0 Å². The highest BCUT2D eigenvalue weighted by Crippen LogP contribution is 2.41. The molecule has 2 N–H and O–H groups in total. The first-order chi connectivity index (χ1) is 9.71. The van der Waals surface area contributed by atoms with E-state index >= 15 is 0 Å². The van der Waals surface area contributed by atoms with Crippen molar-refractivity contribution in [2.75, 3.05) is 0 Å². The largest absolute Gasteiger partial charge is 0.319 e. The van der Waals surface area contributed by atoms with Crippen LogP contribution in [0.3, 0.4) is 0 Å². The van der Waals surface area contributed by atoms with Crippen LogP contribution in [0.2, 0.25) is 0 Å². The third kappa shape index (κ3) is 2.94. The predicted octanol–water partition coefficient (Wildman–Crippen LogP) is 4.95. The molecule has 3 heteroatoms. The summed E-state index contributed by atoms with van der Waals surface area (Å²) in [5.74, 6) is 1.61. The van der Waals surface area contributed by atoms with Gasteiger partial charge >= 0.3 is 0 Å². The molecule has 20 heavy (non-hydrogen) atoms. The van der Waals surface area contributed by atoms with Crippen LogP contribution in [-0.2, 0) is 5.54 Å².